The monoisotopic (exact) mass is 395 g/mol. The number of hydrogen-bond donors (Lipinski definition) is 1. The topological polar surface area (TPSA) is 79.4 Å². The van der Waals surface area contributed by atoms with Gasteiger partial charge in [0.05, 0.1) is 10.4 Å². The van der Waals surface area contributed by atoms with E-state index in [1.54, 1.807) is 18.2 Å². The van der Waals surface area contributed by atoms with E-state index in [-0.39, 0.29) is 10.5 Å². The Balaban J connectivity index is 1.57. The fraction of sp³-hybridized carbons (Fsp3) is 0.238. The Bertz CT molecular complexity index is 1120. The van der Waals surface area contributed by atoms with Crippen LogP contribution in [0, 0.1) is 0 Å². The molecule has 28 heavy (non-hydrogen) atoms. The molecule has 1 aromatic heterocycles. The molecular weight excluding hydrogens is 374 g/mol. The molecule has 144 valence electrons. The lowest BCUT2D eigenvalue weighted by molar-refractivity contribution is 0.102. The third kappa shape index (κ3) is 3.76. The molecule has 1 aliphatic heterocycles. The van der Waals surface area contributed by atoms with E-state index in [0.29, 0.717) is 18.9 Å². The molecule has 0 bridgehead atoms. The lowest BCUT2D eigenvalue weighted by Crippen LogP contribution is -2.35. The average molecular weight is 395 g/mol. The second-order valence-corrected chi connectivity index (χ2v) is 8.77. The number of rotatable bonds is 4. The lowest BCUT2D eigenvalue weighted by Gasteiger charge is -2.26. The first-order chi connectivity index (χ1) is 13.5. The fourth-order valence-electron chi connectivity index (χ4n) is 3.38. The van der Waals surface area contributed by atoms with E-state index in [1.165, 1.54) is 16.4 Å². The molecule has 2 heterocycles. The van der Waals surface area contributed by atoms with E-state index >= 15 is 0 Å². The predicted octanol–water partition coefficient (Wildman–Crippen LogP) is 3.66. The summed E-state index contributed by atoms with van der Waals surface area (Å²) in [5.41, 5.74) is 1.06. The number of carbonyl (C=O) groups is 1. The first-order valence-electron chi connectivity index (χ1n) is 9.31. The summed E-state index contributed by atoms with van der Waals surface area (Å²) in [6.45, 7) is 1.06. The first-order valence-corrected chi connectivity index (χ1v) is 10.8. The maximum Gasteiger partial charge on any atom is 0.256 e. The molecule has 3 aromatic rings. The summed E-state index contributed by atoms with van der Waals surface area (Å²) < 4.78 is 27.2. The van der Waals surface area contributed by atoms with Crippen molar-refractivity contribution in [3.63, 3.8) is 0 Å². The number of hydrogen-bond acceptors (Lipinski definition) is 4. The summed E-state index contributed by atoms with van der Waals surface area (Å²) in [4.78, 5) is 17.2. The Morgan fingerprint density at radius 3 is 2.54 bits per heavy atom. The van der Waals surface area contributed by atoms with Crippen molar-refractivity contribution in [1.29, 1.82) is 0 Å². The van der Waals surface area contributed by atoms with E-state index in [0.717, 1.165) is 30.2 Å². The maximum atomic E-state index is 12.8. The van der Waals surface area contributed by atoms with Gasteiger partial charge in [-0.15, -0.1) is 0 Å². The number of nitrogens with one attached hydrogen (secondary N) is 1. The standard InChI is InChI=1S/C21H21N3O3S/c25-21(23-20-12-11-16-7-2-3-10-19(16)22-20)17-8-6-9-18(15-17)28(26,27)24-13-4-1-5-14-24/h2-3,6-12,15H,1,4-5,13-14H2,(H,22,23,25). The molecule has 0 radical (unpaired) electrons. The van der Waals surface area contributed by atoms with Gasteiger partial charge in [-0.25, -0.2) is 13.4 Å². The zero-order chi connectivity index (χ0) is 19.6. The maximum absolute atomic E-state index is 12.8. The van der Waals surface area contributed by atoms with Crippen LogP contribution in [0.25, 0.3) is 10.9 Å². The Morgan fingerprint density at radius 1 is 0.929 bits per heavy atom. The third-order valence-corrected chi connectivity index (χ3v) is 6.78. The third-order valence-electron chi connectivity index (χ3n) is 4.89. The minimum Gasteiger partial charge on any atom is -0.307 e. The van der Waals surface area contributed by atoms with Crippen LogP contribution in [-0.4, -0.2) is 36.7 Å². The number of anilines is 1. The molecule has 0 spiro atoms. The second kappa shape index (κ2) is 7.69. The van der Waals surface area contributed by atoms with Crippen molar-refractivity contribution in [3.05, 3.63) is 66.2 Å². The molecular formula is C21H21N3O3S. The fourth-order valence-corrected chi connectivity index (χ4v) is 4.94. The molecule has 2 aromatic carbocycles. The van der Waals surface area contributed by atoms with Gasteiger partial charge in [0, 0.05) is 24.0 Å². The minimum absolute atomic E-state index is 0.147. The summed E-state index contributed by atoms with van der Waals surface area (Å²) >= 11 is 0. The molecule has 6 nitrogen and oxygen atoms in total. The van der Waals surface area contributed by atoms with Crippen molar-refractivity contribution in [2.75, 3.05) is 18.4 Å². The molecule has 1 saturated heterocycles. The van der Waals surface area contributed by atoms with Crippen molar-refractivity contribution in [1.82, 2.24) is 9.29 Å². The van der Waals surface area contributed by atoms with E-state index in [9.17, 15) is 13.2 Å². The molecule has 1 aliphatic rings. The molecule has 4 rings (SSSR count). The smallest absolute Gasteiger partial charge is 0.256 e. The second-order valence-electron chi connectivity index (χ2n) is 6.84. The number of carbonyl (C=O) groups excluding carboxylic acids is 1. The van der Waals surface area contributed by atoms with Gasteiger partial charge in [0.25, 0.3) is 5.91 Å². The summed E-state index contributed by atoms with van der Waals surface area (Å²) in [6.07, 6.45) is 2.79. The molecule has 0 aliphatic carbocycles. The number of fused-ring (bicyclic) bond motifs is 1. The van der Waals surface area contributed by atoms with Crippen LogP contribution in [0.2, 0.25) is 0 Å². The van der Waals surface area contributed by atoms with E-state index in [4.69, 9.17) is 0 Å². The van der Waals surface area contributed by atoms with Crippen LogP contribution in [0.1, 0.15) is 29.6 Å². The summed E-state index contributed by atoms with van der Waals surface area (Å²) in [6, 6.07) is 17.4. The highest BCUT2D eigenvalue weighted by atomic mass is 32.2. The van der Waals surface area contributed by atoms with Gasteiger partial charge in [-0.1, -0.05) is 30.7 Å². The molecule has 0 saturated carbocycles. The van der Waals surface area contributed by atoms with Crippen molar-refractivity contribution in [2.24, 2.45) is 0 Å². The number of amides is 1. The van der Waals surface area contributed by atoms with Gasteiger partial charge in [0.15, 0.2) is 0 Å². The Kier molecular flexibility index (Phi) is 5.11. The summed E-state index contributed by atoms with van der Waals surface area (Å²) in [5.74, 6) is 0.0338. The Labute approximate surface area is 164 Å². The SMILES string of the molecule is O=C(Nc1ccc2ccccc2n1)c1cccc(S(=O)(=O)N2CCCCC2)c1. The van der Waals surface area contributed by atoms with Crippen LogP contribution in [0.5, 0.6) is 0 Å². The van der Waals surface area contributed by atoms with Gasteiger partial charge in [-0.2, -0.15) is 4.31 Å². The van der Waals surface area contributed by atoms with Gasteiger partial charge in [0.1, 0.15) is 5.82 Å². The van der Waals surface area contributed by atoms with Crippen molar-refractivity contribution in [3.8, 4) is 0 Å². The van der Waals surface area contributed by atoms with Gasteiger partial charge in [0.2, 0.25) is 10.0 Å². The zero-order valence-corrected chi connectivity index (χ0v) is 16.2. The van der Waals surface area contributed by atoms with Gasteiger partial charge < -0.3 is 5.32 Å². The average Bonchev–Trinajstić information content (AvgIpc) is 2.74. The van der Waals surface area contributed by atoms with Gasteiger partial charge in [-0.05, 0) is 49.2 Å². The number of para-hydroxylation sites is 1. The molecule has 1 amide bonds. The van der Waals surface area contributed by atoms with E-state index in [1.807, 2.05) is 30.3 Å². The molecule has 1 fully saturated rings. The van der Waals surface area contributed by atoms with Crippen molar-refractivity contribution in [2.45, 2.75) is 24.2 Å². The highest BCUT2D eigenvalue weighted by Crippen LogP contribution is 2.22. The summed E-state index contributed by atoms with van der Waals surface area (Å²) in [7, 11) is -3.58. The number of sulfonamides is 1. The molecule has 7 heteroatoms. The van der Waals surface area contributed by atoms with Crippen LogP contribution in [0.4, 0.5) is 5.82 Å². The number of nitrogens with zero attached hydrogens (tertiary/aromatic N) is 2. The molecule has 0 atom stereocenters. The van der Waals surface area contributed by atoms with E-state index in [2.05, 4.69) is 10.3 Å². The van der Waals surface area contributed by atoms with Crippen molar-refractivity contribution >= 4 is 32.7 Å². The highest BCUT2D eigenvalue weighted by molar-refractivity contribution is 7.89. The summed E-state index contributed by atoms with van der Waals surface area (Å²) in [5, 5.41) is 3.73. The predicted molar refractivity (Wildman–Crippen MR) is 109 cm³/mol. The molecule has 0 unspecified atom stereocenters. The number of aromatic nitrogens is 1. The Morgan fingerprint density at radius 2 is 1.71 bits per heavy atom. The normalized spacial score (nSPS) is 15.4. The van der Waals surface area contributed by atoms with Crippen LogP contribution >= 0.6 is 0 Å². The van der Waals surface area contributed by atoms with Gasteiger partial charge >= 0.3 is 0 Å². The van der Waals surface area contributed by atoms with Crippen LogP contribution < -0.4 is 5.32 Å². The Hall–Kier alpha value is -2.77. The largest absolute Gasteiger partial charge is 0.307 e. The quantitative estimate of drug-likeness (QED) is 0.731. The highest BCUT2D eigenvalue weighted by Gasteiger charge is 2.26. The number of piperidine rings is 1. The van der Waals surface area contributed by atoms with Crippen LogP contribution in [-0.2, 0) is 10.0 Å². The number of benzene rings is 2. The van der Waals surface area contributed by atoms with Crippen LogP contribution in [0.3, 0.4) is 0 Å². The molecule has 1 N–H and O–H groups in total. The first kappa shape index (κ1) is 18.6. The lowest BCUT2D eigenvalue weighted by atomic mass is 10.2. The zero-order valence-electron chi connectivity index (χ0n) is 15.3. The van der Waals surface area contributed by atoms with Gasteiger partial charge in [-0.3, -0.25) is 4.79 Å². The van der Waals surface area contributed by atoms with E-state index < -0.39 is 15.9 Å². The number of pyridine rings is 1. The van der Waals surface area contributed by atoms with Crippen LogP contribution in [0.15, 0.2) is 65.6 Å². The van der Waals surface area contributed by atoms with Crippen molar-refractivity contribution < 1.29 is 13.2 Å². The minimum atomic E-state index is -3.58.